The highest BCUT2D eigenvalue weighted by atomic mass is 16.7. The van der Waals surface area contributed by atoms with Crippen molar-refractivity contribution in [2.45, 2.75) is 480 Å². The normalized spacial score (nSPS) is 17.4. The zero-order valence-electron chi connectivity index (χ0n) is 61.8. The van der Waals surface area contributed by atoms with E-state index in [-0.39, 0.29) is 18.5 Å². The number of esters is 1. The lowest BCUT2D eigenvalue weighted by molar-refractivity contribution is -0.302. The molecule has 0 aromatic carbocycles. The predicted molar refractivity (Wildman–Crippen MR) is 394 cm³/mol. The van der Waals surface area contributed by atoms with E-state index in [4.69, 9.17) is 14.2 Å². The van der Waals surface area contributed by atoms with Crippen molar-refractivity contribution in [2.75, 3.05) is 19.8 Å². The van der Waals surface area contributed by atoms with E-state index in [9.17, 15) is 35.1 Å². The molecular weight excluding hydrogens is 1160 g/mol. The molecule has 1 heterocycles. The molecule has 0 bridgehead atoms. The van der Waals surface area contributed by atoms with E-state index in [1.54, 1.807) is 6.08 Å². The lowest BCUT2D eigenvalue weighted by atomic mass is 9.99. The Morgan fingerprint density at radius 2 is 0.677 bits per heavy atom. The van der Waals surface area contributed by atoms with Crippen molar-refractivity contribution in [2.24, 2.45) is 0 Å². The highest BCUT2D eigenvalue weighted by Gasteiger charge is 2.44. The minimum absolute atomic E-state index is 0.0210. The van der Waals surface area contributed by atoms with E-state index in [1.807, 2.05) is 6.08 Å². The van der Waals surface area contributed by atoms with Crippen molar-refractivity contribution < 1.29 is 49.3 Å². The van der Waals surface area contributed by atoms with Crippen LogP contribution in [0.1, 0.15) is 438 Å². The zero-order chi connectivity index (χ0) is 67.2. The molecule has 1 aliphatic rings. The van der Waals surface area contributed by atoms with Crippen molar-refractivity contribution >= 4 is 11.9 Å². The van der Waals surface area contributed by atoms with Crippen LogP contribution < -0.4 is 5.32 Å². The van der Waals surface area contributed by atoms with Gasteiger partial charge in [-0.25, -0.2) is 0 Å². The molecule has 0 aromatic heterocycles. The van der Waals surface area contributed by atoms with Crippen molar-refractivity contribution in [3.05, 3.63) is 12.2 Å². The van der Waals surface area contributed by atoms with Crippen molar-refractivity contribution in [1.82, 2.24) is 5.32 Å². The van der Waals surface area contributed by atoms with Crippen LogP contribution in [0, 0.1) is 0 Å². The second-order valence-corrected chi connectivity index (χ2v) is 29.2. The van der Waals surface area contributed by atoms with Crippen LogP contribution in [0.3, 0.4) is 0 Å². The van der Waals surface area contributed by atoms with Crippen LogP contribution in [0.25, 0.3) is 0 Å². The van der Waals surface area contributed by atoms with Crippen molar-refractivity contribution in [1.29, 1.82) is 0 Å². The van der Waals surface area contributed by atoms with Crippen LogP contribution in [0.5, 0.6) is 0 Å². The van der Waals surface area contributed by atoms with Crippen molar-refractivity contribution in [3.8, 4) is 0 Å². The number of aliphatic hydroxyl groups excluding tert-OH is 5. The van der Waals surface area contributed by atoms with Crippen LogP contribution in [-0.2, 0) is 23.8 Å². The molecule has 11 heteroatoms. The van der Waals surface area contributed by atoms with Crippen LogP contribution >= 0.6 is 0 Å². The number of amides is 1. The summed E-state index contributed by atoms with van der Waals surface area (Å²) in [6, 6.07) is -0.804. The van der Waals surface area contributed by atoms with E-state index in [0.717, 1.165) is 51.4 Å². The summed E-state index contributed by atoms with van der Waals surface area (Å²) in [7, 11) is 0. The molecule has 0 radical (unpaired) electrons. The Labute approximate surface area is 576 Å². The summed E-state index contributed by atoms with van der Waals surface area (Å²) in [6.45, 7) is 4.41. The second kappa shape index (κ2) is 71.7. The largest absolute Gasteiger partial charge is 0.466 e. The van der Waals surface area contributed by atoms with Crippen molar-refractivity contribution in [3.63, 3.8) is 0 Å². The van der Waals surface area contributed by atoms with Gasteiger partial charge in [-0.1, -0.05) is 405 Å². The third kappa shape index (κ3) is 60.1. The molecule has 93 heavy (non-hydrogen) atoms. The van der Waals surface area contributed by atoms with E-state index >= 15 is 0 Å². The SMILES string of the molecule is CCCCCCCCCCCCC/C=C/C(O)C(COC1OC(CO)C(O)C(O)C1O)NC(=O)CCCCCCCCCCCCCCCCCCCCCCCCCCCCCCCCCCCCCCCCCOC(=O)CCCCCCCCCCCCCCC. The van der Waals surface area contributed by atoms with Gasteiger partial charge in [0, 0.05) is 12.8 Å². The summed E-state index contributed by atoms with van der Waals surface area (Å²) < 4.78 is 16.8. The summed E-state index contributed by atoms with van der Waals surface area (Å²) in [5.74, 6) is -0.151. The minimum Gasteiger partial charge on any atom is -0.466 e. The molecule has 0 aliphatic carbocycles. The van der Waals surface area contributed by atoms with Crippen LogP contribution in [0.4, 0.5) is 0 Å². The Morgan fingerprint density at radius 1 is 0.387 bits per heavy atom. The number of nitrogens with one attached hydrogen (secondary N) is 1. The number of hydrogen-bond acceptors (Lipinski definition) is 10. The van der Waals surface area contributed by atoms with Gasteiger partial charge in [0.1, 0.15) is 24.4 Å². The number of hydrogen-bond donors (Lipinski definition) is 6. The van der Waals surface area contributed by atoms with E-state index in [0.29, 0.717) is 19.4 Å². The van der Waals surface area contributed by atoms with Gasteiger partial charge in [-0.2, -0.15) is 0 Å². The van der Waals surface area contributed by atoms with Gasteiger partial charge in [-0.3, -0.25) is 9.59 Å². The fourth-order valence-corrected chi connectivity index (χ4v) is 13.7. The van der Waals surface area contributed by atoms with Gasteiger partial charge in [-0.05, 0) is 32.1 Å². The van der Waals surface area contributed by atoms with Gasteiger partial charge < -0.3 is 45.1 Å². The molecule has 0 saturated carbocycles. The van der Waals surface area contributed by atoms with E-state index in [1.165, 1.54) is 360 Å². The summed E-state index contributed by atoms with van der Waals surface area (Å²) in [5, 5.41) is 54.6. The highest BCUT2D eigenvalue weighted by Crippen LogP contribution is 2.24. The molecule has 1 fully saturated rings. The Morgan fingerprint density at radius 3 is 1.00 bits per heavy atom. The number of allylic oxidation sites excluding steroid dienone is 1. The molecule has 1 rings (SSSR count). The third-order valence-electron chi connectivity index (χ3n) is 20.2. The smallest absolute Gasteiger partial charge is 0.305 e. The second-order valence-electron chi connectivity index (χ2n) is 29.2. The quantitative estimate of drug-likeness (QED) is 0.0195. The number of unbranched alkanes of at least 4 members (excludes halogenated alkanes) is 61. The monoisotopic (exact) mass is 1320 g/mol. The topological polar surface area (TPSA) is 175 Å². The summed E-state index contributed by atoms with van der Waals surface area (Å²) in [5.41, 5.74) is 0. The van der Waals surface area contributed by atoms with Crippen LogP contribution in [0.15, 0.2) is 12.2 Å². The van der Waals surface area contributed by atoms with Crippen LogP contribution in [-0.4, -0.2) is 100 Å². The van der Waals surface area contributed by atoms with Gasteiger partial charge in [0.25, 0.3) is 0 Å². The van der Waals surface area contributed by atoms with E-state index < -0.39 is 49.5 Å². The van der Waals surface area contributed by atoms with Crippen LogP contribution in [0.2, 0.25) is 0 Å². The fourth-order valence-electron chi connectivity index (χ4n) is 13.7. The maximum atomic E-state index is 13.1. The number of aliphatic hydroxyl groups is 5. The van der Waals surface area contributed by atoms with Gasteiger partial charge in [0.15, 0.2) is 6.29 Å². The Kier molecular flexibility index (Phi) is 68.9. The standard InChI is InChI=1S/C82H159NO10/c1-3-5-7-9-11-13-15-44-48-52-56-60-64-68-75(85)74(73-92-82-81(90)80(89)79(88)76(72-84)93-82)83-77(86)69-65-61-57-53-49-46-42-40-38-36-34-32-30-28-26-24-22-20-18-17-19-21-23-25-27-29-31-33-35-37-39-41-43-47-51-55-59-63-67-71-91-78(87)70-66-62-58-54-50-45-16-14-12-10-8-6-4-2/h64,68,74-76,79-82,84-85,88-90H,3-63,65-67,69-73H2,1-2H3,(H,83,86)/b68-64+. The van der Waals surface area contributed by atoms with Gasteiger partial charge in [-0.15, -0.1) is 0 Å². The lowest BCUT2D eigenvalue weighted by Crippen LogP contribution is -2.60. The summed E-state index contributed by atoms with van der Waals surface area (Å²) in [4.78, 5) is 25.2. The predicted octanol–water partition coefficient (Wildman–Crippen LogP) is 22.5. The van der Waals surface area contributed by atoms with E-state index in [2.05, 4.69) is 19.2 Å². The first-order valence-corrected chi connectivity index (χ1v) is 41.5. The molecule has 1 aliphatic heterocycles. The van der Waals surface area contributed by atoms with Gasteiger partial charge in [0.05, 0.1) is 32.0 Å². The maximum Gasteiger partial charge on any atom is 0.305 e. The molecule has 552 valence electrons. The highest BCUT2D eigenvalue weighted by molar-refractivity contribution is 5.76. The molecule has 1 saturated heterocycles. The molecular formula is C82H159NO10. The fraction of sp³-hybridized carbons (Fsp3) is 0.951. The molecule has 6 N–H and O–H groups in total. The molecule has 0 spiro atoms. The molecule has 7 atom stereocenters. The Balaban J connectivity index is 1.87. The van der Waals surface area contributed by atoms with Gasteiger partial charge in [0.2, 0.25) is 5.91 Å². The first kappa shape index (κ1) is 89.4. The number of carbonyl (C=O) groups is 2. The minimum atomic E-state index is -1.57. The summed E-state index contributed by atoms with van der Waals surface area (Å²) in [6.07, 6.45) is 81.2. The Hall–Kier alpha value is -1.60. The average molecular weight is 1320 g/mol. The zero-order valence-corrected chi connectivity index (χ0v) is 61.8. The Bertz CT molecular complexity index is 1550. The number of carbonyl (C=O) groups excluding carboxylic acids is 2. The number of rotatable bonds is 75. The average Bonchev–Trinajstić information content (AvgIpc) is 1.02. The summed E-state index contributed by atoms with van der Waals surface area (Å²) >= 11 is 0. The number of ether oxygens (including phenoxy) is 3. The third-order valence-corrected chi connectivity index (χ3v) is 20.2. The molecule has 11 nitrogen and oxygen atoms in total. The lowest BCUT2D eigenvalue weighted by Gasteiger charge is -2.40. The molecule has 7 unspecified atom stereocenters. The first-order chi connectivity index (χ1) is 45.7. The first-order valence-electron chi connectivity index (χ1n) is 41.5. The molecule has 1 amide bonds. The maximum absolute atomic E-state index is 13.1. The van der Waals surface area contributed by atoms with Gasteiger partial charge >= 0.3 is 5.97 Å². The molecule has 0 aromatic rings.